The minimum absolute atomic E-state index is 0.124. The molecule has 2 heterocycles. The second kappa shape index (κ2) is 10.4. The Balaban J connectivity index is 1.48. The van der Waals surface area contributed by atoms with Crippen LogP contribution in [0.5, 0.6) is 11.5 Å². The third-order valence-electron chi connectivity index (χ3n) is 6.77. The number of carbonyl (C=O) groups excluding carboxylic acids is 1. The summed E-state index contributed by atoms with van der Waals surface area (Å²) in [7, 11) is 0. The summed E-state index contributed by atoms with van der Waals surface area (Å²) in [5.74, 6) is 0.933. The van der Waals surface area contributed by atoms with Crippen LogP contribution in [0.2, 0.25) is 0 Å². The van der Waals surface area contributed by atoms with Crippen molar-refractivity contribution in [1.29, 1.82) is 0 Å². The molecule has 7 nitrogen and oxygen atoms in total. The number of benzene rings is 3. The molecule has 1 amide bonds. The number of hydrogen-bond acceptors (Lipinski definition) is 5. The lowest BCUT2D eigenvalue weighted by atomic mass is 10.1. The summed E-state index contributed by atoms with van der Waals surface area (Å²) in [6.07, 6.45) is 0.968. The van der Waals surface area contributed by atoms with Gasteiger partial charge >= 0.3 is 0 Å². The Kier molecular flexibility index (Phi) is 6.86. The van der Waals surface area contributed by atoms with Crippen LogP contribution in [0.25, 0.3) is 10.9 Å². The molecule has 0 spiro atoms. The molecule has 4 aromatic rings. The summed E-state index contributed by atoms with van der Waals surface area (Å²) in [4.78, 5) is 26.7. The number of aromatic nitrogens is 1. The van der Waals surface area contributed by atoms with Crippen LogP contribution in [0.15, 0.2) is 65.5 Å². The van der Waals surface area contributed by atoms with E-state index >= 15 is 0 Å². The number of nitrogens with zero attached hydrogens (tertiary/aromatic N) is 1. The first-order valence-electron chi connectivity index (χ1n) is 12.6. The van der Waals surface area contributed by atoms with Gasteiger partial charge in [0.2, 0.25) is 5.91 Å². The standard InChI is InChI=1S/C30H31N3O4/c1-4-21-6-9-24(10-7-21)31-17-23-14-22-15-27-28(37-12-11-36-27)16-26(22)33(30(23)35)18-29(34)32-25-8-5-19(2)20(3)13-25/h5-10,13-16,31H,4,11-12,17-18H2,1-3H3,(H,32,34). The maximum absolute atomic E-state index is 13.6. The van der Waals surface area contributed by atoms with Gasteiger partial charge in [-0.2, -0.15) is 0 Å². The summed E-state index contributed by atoms with van der Waals surface area (Å²) in [6.45, 7) is 7.25. The molecule has 7 heteroatoms. The van der Waals surface area contributed by atoms with Gasteiger partial charge < -0.3 is 20.1 Å². The number of pyridine rings is 1. The molecular formula is C30H31N3O4. The lowest BCUT2D eigenvalue weighted by Gasteiger charge is -2.21. The largest absolute Gasteiger partial charge is 0.486 e. The minimum atomic E-state index is -0.276. The molecule has 0 aliphatic carbocycles. The van der Waals surface area contributed by atoms with Crippen molar-refractivity contribution in [3.8, 4) is 11.5 Å². The number of fused-ring (bicyclic) bond motifs is 2. The average Bonchev–Trinajstić information content (AvgIpc) is 2.91. The van der Waals surface area contributed by atoms with Gasteiger partial charge in [0.15, 0.2) is 11.5 Å². The van der Waals surface area contributed by atoms with E-state index in [1.54, 1.807) is 6.07 Å². The smallest absolute Gasteiger partial charge is 0.256 e. The van der Waals surface area contributed by atoms with Crippen molar-refractivity contribution in [1.82, 2.24) is 4.57 Å². The molecule has 3 aromatic carbocycles. The maximum Gasteiger partial charge on any atom is 0.256 e. The lowest BCUT2D eigenvalue weighted by Crippen LogP contribution is -2.31. The molecule has 0 atom stereocenters. The number of ether oxygens (including phenoxy) is 2. The molecule has 2 N–H and O–H groups in total. The number of amides is 1. The Labute approximate surface area is 216 Å². The van der Waals surface area contributed by atoms with Gasteiger partial charge in [-0.25, -0.2) is 0 Å². The number of carbonyl (C=O) groups is 1. The summed E-state index contributed by atoms with van der Waals surface area (Å²) < 4.78 is 13.0. The molecule has 1 aliphatic rings. The maximum atomic E-state index is 13.6. The monoisotopic (exact) mass is 497 g/mol. The molecule has 1 aromatic heterocycles. The van der Waals surface area contributed by atoms with Crippen molar-refractivity contribution in [3.05, 3.63) is 93.3 Å². The number of anilines is 2. The highest BCUT2D eigenvalue weighted by Gasteiger charge is 2.18. The predicted molar refractivity (Wildman–Crippen MR) is 147 cm³/mol. The number of rotatable bonds is 7. The van der Waals surface area contributed by atoms with E-state index in [1.165, 1.54) is 10.1 Å². The number of nitrogens with one attached hydrogen (secondary N) is 2. The first-order chi connectivity index (χ1) is 17.9. The van der Waals surface area contributed by atoms with E-state index in [4.69, 9.17) is 9.47 Å². The van der Waals surface area contributed by atoms with Crippen LogP contribution >= 0.6 is 0 Å². The van der Waals surface area contributed by atoms with Gasteiger partial charge in [-0.3, -0.25) is 14.2 Å². The van der Waals surface area contributed by atoms with Crippen LogP contribution in [0, 0.1) is 13.8 Å². The van der Waals surface area contributed by atoms with Gasteiger partial charge in [0.25, 0.3) is 5.56 Å². The van der Waals surface area contributed by atoms with Gasteiger partial charge in [0.1, 0.15) is 19.8 Å². The van der Waals surface area contributed by atoms with E-state index in [0.717, 1.165) is 28.6 Å². The average molecular weight is 498 g/mol. The molecule has 0 fully saturated rings. The molecule has 190 valence electrons. The van der Waals surface area contributed by atoms with Crippen molar-refractivity contribution in [2.75, 3.05) is 23.8 Å². The quantitative estimate of drug-likeness (QED) is 0.367. The van der Waals surface area contributed by atoms with Crippen LogP contribution in [-0.2, 0) is 24.3 Å². The summed E-state index contributed by atoms with van der Waals surface area (Å²) in [5, 5.41) is 7.08. The fourth-order valence-electron chi connectivity index (χ4n) is 4.48. The first-order valence-corrected chi connectivity index (χ1v) is 12.6. The summed E-state index contributed by atoms with van der Waals surface area (Å²) >= 11 is 0. The van der Waals surface area contributed by atoms with E-state index < -0.39 is 0 Å². The van der Waals surface area contributed by atoms with E-state index in [1.807, 2.05) is 56.3 Å². The van der Waals surface area contributed by atoms with Crippen LogP contribution in [-0.4, -0.2) is 23.7 Å². The van der Waals surface area contributed by atoms with E-state index in [-0.39, 0.29) is 18.0 Å². The Morgan fingerprint density at radius 2 is 1.59 bits per heavy atom. The second-order valence-electron chi connectivity index (χ2n) is 9.37. The SMILES string of the molecule is CCc1ccc(NCc2cc3cc4c(cc3n(CC(=O)Nc3ccc(C)c(C)c3)c2=O)OCCO4)cc1. The molecule has 0 saturated heterocycles. The minimum Gasteiger partial charge on any atom is -0.486 e. The van der Waals surface area contributed by atoms with Crippen molar-refractivity contribution < 1.29 is 14.3 Å². The van der Waals surface area contributed by atoms with Crippen LogP contribution < -0.4 is 25.7 Å². The highest BCUT2D eigenvalue weighted by atomic mass is 16.6. The van der Waals surface area contributed by atoms with Gasteiger partial charge in [-0.15, -0.1) is 0 Å². The molecule has 0 saturated carbocycles. The third kappa shape index (κ3) is 5.31. The molecule has 5 rings (SSSR count). The zero-order valence-corrected chi connectivity index (χ0v) is 21.4. The van der Waals surface area contributed by atoms with E-state index in [9.17, 15) is 9.59 Å². The Morgan fingerprint density at radius 1 is 0.892 bits per heavy atom. The zero-order valence-electron chi connectivity index (χ0n) is 21.4. The Bertz CT molecular complexity index is 1520. The molecule has 37 heavy (non-hydrogen) atoms. The Hall–Kier alpha value is -4.26. The zero-order chi connectivity index (χ0) is 25.9. The second-order valence-corrected chi connectivity index (χ2v) is 9.37. The van der Waals surface area contributed by atoms with Crippen LogP contribution in [0.4, 0.5) is 11.4 Å². The molecular weight excluding hydrogens is 466 g/mol. The molecule has 0 radical (unpaired) electrons. The van der Waals surface area contributed by atoms with Gasteiger partial charge in [-0.05, 0) is 73.4 Å². The number of aryl methyl sites for hydroxylation is 3. The predicted octanol–water partition coefficient (Wildman–Crippen LogP) is 5.20. The fraction of sp³-hybridized carbons (Fsp3) is 0.267. The molecule has 0 bridgehead atoms. The van der Waals surface area contributed by atoms with Crippen molar-refractivity contribution >= 4 is 28.2 Å². The third-order valence-corrected chi connectivity index (χ3v) is 6.77. The van der Waals surface area contributed by atoms with Crippen molar-refractivity contribution in [2.24, 2.45) is 0 Å². The molecule has 1 aliphatic heterocycles. The van der Waals surface area contributed by atoms with E-state index in [0.29, 0.717) is 48.0 Å². The van der Waals surface area contributed by atoms with Crippen molar-refractivity contribution in [3.63, 3.8) is 0 Å². The molecule has 0 unspecified atom stereocenters. The lowest BCUT2D eigenvalue weighted by molar-refractivity contribution is -0.116. The summed E-state index contributed by atoms with van der Waals surface area (Å²) in [6, 6.07) is 19.5. The van der Waals surface area contributed by atoms with Gasteiger partial charge in [0.05, 0.1) is 5.52 Å². The van der Waals surface area contributed by atoms with E-state index in [2.05, 4.69) is 29.7 Å². The van der Waals surface area contributed by atoms with Crippen LogP contribution in [0.1, 0.15) is 29.2 Å². The highest BCUT2D eigenvalue weighted by molar-refractivity contribution is 5.92. The Morgan fingerprint density at radius 3 is 2.30 bits per heavy atom. The van der Waals surface area contributed by atoms with Crippen molar-refractivity contribution in [2.45, 2.75) is 40.3 Å². The highest BCUT2D eigenvalue weighted by Crippen LogP contribution is 2.34. The fourth-order valence-corrected chi connectivity index (χ4v) is 4.48. The van der Waals surface area contributed by atoms with Gasteiger partial charge in [0, 0.05) is 34.9 Å². The number of hydrogen-bond donors (Lipinski definition) is 2. The topological polar surface area (TPSA) is 81.6 Å². The first kappa shape index (κ1) is 24.4. The van der Waals surface area contributed by atoms with Gasteiger partial charge in [-0.1, -0.05) is 25.1 Å². The van der Waals surface area contributed by atoms with Crippen LogP contribution in [0.3, 0.4) is 0 Å². The normalized spacial score (nSPS) is 12.4. The summed E-state index contributed by atoms with van der Waals surface area (Å²) in [5.41, 5.74) is 6.08.